The van der Waals surface area contributed by atoms with Gasteiger partial charge in [0.05, 0.1) is 0 Å². The Hall–Kier alpha value is -4.19. The lowest BCUT2D eigenvalue weighted by Crippen LogP contribution is -2.30. The average molecular weight is 843 g/mol. The molecule has 6 heteroatoms. The number of carbonyl (C=O) groups is 3. The number of unbranched alkanes of at least 4 members (excludes halogenated alkanes) is 10. The summed E-state index contributed by atoms with van der Waals surface area (Å²) in [4.78, 5) is 37.7. The van der Waals surface area contributed by atoms with Crippen LogP contribution in [0.4, 0.5) is 0 Å². The fourth-order valence-electron chi connectivity index (χ4n) is 5.81. The van der Waals surface area contributed by atoms with Gasteiger partial charge in [0.15, 0.2) is 6.10 Å². The van der Waals surface area contributed by atoms with Gasteiger partial charge in [-0.25, -0.2) is 0 Å². The molecule has 0 aromatic rings. The Morgan fingerprint density at radius 1 is 0.344 bits per heavy atom. The monoisotopic (exact) mass is 843 g/mol. The van der Waals surface area contributed by atoms with E-state index in [1.54, 1.807) is 0 Å². The first-order chi connectivity index (χ1) is 30.0. The highest BCUT2D eigenvalue weighted by Gasteiger charge is 2.19. The molecule has 0 aromatic heterocycles. The van der Waals surface area contributed by atoms with Gasteiger partial charge in [0.2, 0.25) is 0 Å². The van der Waals surface area contributed by atoms with Crippen molar-refractivity contribution in [2.75, 3.05) is 13.2 Å². The number of allylic oxidation sites excluding steroid dienone is 20. The van der Waals surface area contributed by atoms with E-state index >= 15 is 0 Å². The first-order valence-corrected chi connectivity index (χ1v) is 24.0. The molecular formula is C55H86O6. The Balaban J connectivity index is 4.58. The zero-order chi connectivity index (χ0) is 44.4. The van der Waals surface area contributed by atoms with Crippen LogP contribution in [0, 0.1) is 0 Å². The van der Waals surface area contributed by atoms with Gasteiger partial charge >= 0.3 is 17.9 Å². The van der Waals surface area contributed by atoms with E-state index in [4.69, 9.17) is 14.2 Å². The van der Waals surface area contributed by atoms with Crippen molar-refractivity contribution in [1.82, 2.24) is 0 Å². The minimum atomic E-state index is -0.843. The van der Waals surface area contributed by atoms with Crippen molar-refractivity contribution in [2.24, 2.45) is 0 Å². The van der Waals surface area contributed by atoms with Gasteiger partial charge in [0, 0.05) is 19.3 Å². The summed E-state index contributed by atoms with van der Waals surface area (Å²) in [6.07, 6.45) is 66.3. The maximum atomic E-state index is 12.7. The van der Waals surface area contributed by atoms with Gasteiger partial charge in [-0.15, -0.1) is 0 Å². The molecule has 0 aliphatic rings. The summed E-state index contributed by atoms with van der Waals surface area (Å²) in [5, 5.41) is 0. The minimum absolute atomic E-state index is 0.138. The first-order valence-electron chi connectivity index (χ1n) is 24.0. The fourth-order valence-corrected chi connectivity index (χ4v) is 5.81. The van der Waals surface area contributed by atoms with Gasteiger partial charge in [-0.1, -0.05) is 168 Å². The van der Waals surface area contributed by atoms with E-state index < -0.39 is 12.1 Å². The molecule has 0 rings (SSSR count). The third kappa shape index (κ3) is 46.7. The number of hydrogen-bond acceptors (Lipinski definition) is 6. The Bertz CT molecular complexity index is 1340. The van der Waals surface area contributed by atoms with Crippen LogP contribution in [0.15, 0.2) is 122 Å². The third-order valence-corrected chi connectivity index (χ3v) is 9.42. The zero-order valence-electron chi connectivity index (χ0n) is 38.9. The molecule has 1 unspecified atom stereocenters. The Kier molecular flexibility index (Phi) is 45.1. The zero-order valence-corrected chi connectivity index (χ0v) is 38.9. The lowest BCUT2D eigenvalue weighted by molar-refractivity contribution is -0.167. The van der Waals surface area contributed by atoms with Crippen LogP contribution in [0.2, 0.25) is 0 Å². The minimum Gasteiger partial charge on any atom is -0.462 e. The lowest BCUT2D eigenvalue weighted by atomic mass is 10.2. The third-order valence-electron chi connectivity index (χ3n) is 9.42. The second kappa shape index (κ2) is 48.5. The van der Waals surface area contributed by atoms with Crippen LogP contribution in [-0.4, -0.2) is 37.2 Å². The van der Waals surface area contributed by atoms with Crippen LogP contribution >= 0.6 is 0 Å². The molecule has 0 saturated heterocycles. The average Bonchev–Trinajstić information content (AvgIpc) is 3.26. The van der Waals surface area contributed by atoms with Crippen molar-refractivity contribution in [3.8, 4) is 0 Å². The predicted molar refractivity (Wildman–Crippen MR) is 260 cm³/mol. The van der Waals surface area contributed by atoms with Crippen LogP contribution in [0.1, 0.15) is 188 Å². The van der Waals surface area contributed by atoms with Gasteiger partial charge < -0.3 is 14.2 Å². The fraction of sp³-hybridized carbons (Fsp3) is 0.582. The van der Waals surface area contributed by atoms with Gasteiger partial charge in [0.25, 0.3) is 0 Å². The van der Waals surface area contributed by atoms with Gasteiger partial charge in [-0.05, 0) is 122 Å². The van der Waals surface area contributed by atoms with Crippen molar-refractivity contribution in [3.63, 3.8) is 0 Å². The molecule has 0 N–H and O–H groups in total. The molecule has 0 spiro atoms. The molecule has 0 radical (unpaired) electrons. The molecule has 1 atom stereocenters. The Morgan fingerprint density at radius 3 is 1.00 bits per heavy atom. The summed E-state index contributed by atoms with van der Waals surface area (Å²) in [6, 6.07) is 0. The van der Waals surface area contributed by atoms with Crippen molar-refractivity contribution >= 4 is 17.9 Å². The molecule has 0 saturated carbocycles. The van der Waals surface area contributed by atoms with E-state index in [-0.39, 0.29) is 44.4 Å². The normalized spacial score (nSPS) is 13.2. The smallest absolute Gasteiger partial charge is 0.306 e. The SMILES string of the molecule is CC/C=C\C/C=C\CCCCC(=O)OCC(COC(=O)CCC/C=C\C/C=C\C/C=C\C/C=C\CCCCC)OC(=O)CCC/C=C\C/C=C\C/C=C\C/C=C\CCCCC. The highest BCUT2D eigenvalue weighted by atomic mass is 16.6. The predicted octanol–water partition coefficient (Wildman–Crippen LogP) is 15.7. The van der Waals surface area contributed by atoms with Crippen LogP contribution < -0.4 is 0 Å². The Labute approximate surface area is 373 Å². The van der Waals surface area contributed by atoms with Crippen LogP contribution in [0.3, 0.4) is 0 Å². The summed E-state index contributed by atoms with van der Waals surface area (Å²) in [5.41, 5.74) is 0. The maximum Gasteiger partial charge on any atom is 0.306 e. The second-order valence-corrected chi connectivity index (χ2v) is 15.3. The summed E-state index contributed by atoms with van der Waals surface area (Å²) in [5.74, 6) is -1.10. The highest BCUT2D eigenvalue weighted by molar-refractivity contribution is 5.71. The number of hydrogen-bond donors (Lipinski definition) is 0. The lowest BCUT2D eigenvalue weighted by Gasteiger charge is -2.18. The number of ether oxygens (including phenoxy) is 3. The molecule has 0 fully saturated rings. The standard InChI is InChI=1S/C55H86O6/c1-4-7-10-13-16-19-21-23-25-27-29-31-33-36-39-42-45-48-54(57)60-51-52(50-59-53(56)47-44-41-38-35-18-15-12-9-6-3)61-55(58)49-46-43-40-37-34-32-30-28-26-24-22-20-17-14-11-8-5-2/h9,12,16-20,23-26,29-32,35-37,39-40,52H,4-8,10-11,13-15,21-22,27-28,33-34,38,41-51H2,1-3H3/b12-9-,19-16-,20-17-,25-23-,26-24-,31-29-,32-30-,35-18-,39-36-,40-37-. The molecule has 61 heavy (non-hydrogen) atoms. The number of rotatable bonds is 41. The second-order valence-electron chi connectivity index (χ2n) is 15.3. The van der Waals surface area contributed by atoms with E-state index in [9.17, 15) is 14.4 Å². The molecule has 0 bridgehead atoms. The number of carbonyl (C=O) groups excluding carboxylic acids is 3. The summed E-state index contributed by atoms with van der Waals surface area (Å²) >= 11 is 0. The summed E-state index contributed by atoms with van der Waals surface area (Å²) in [6.45, 7) is 6.30. The van der Waals surface area contributed by atoms with Crippen LogP contribution in [0.25, 0.3) is 0 Å². The molecule has 0 aliphatic heterocycles. The van der Waals surface area contributed by atoms with Gasteiger partial charge in [0.1, 0.15) is 13.2 Å². The largest absolute Gasteiger partial charge is 0.462 e. The molecule has 0 amide bonds. The van der Waals surface area contributed by atoms with E-state index in [0.717, 1.165) is 77.0 Å². The Morgan fingerprint density at radius 2 is 0.639 bits per heavy atom. The van der Waals surface area contributed by atoms with Crippen molar-refractivity contribution in [1.29, 1.82) is 0 Å². The number of esters is 3. The van der Waals surface area contributed by atoms with Gasteiger partial charge in [-0.3, -0.25) is 14.4 Å². The summed E-state index contributed by atoms with van der Waals surface area (Å²) in [7, 11) is 0. The first kappa shape index (κ1) is 56.8. The molecule has 0 aliphatic carbocycles. The van der Waals surface area contributed by atoms with Crippen molar-refractivity contribution in [2.45, 2.75) is 194 Å². The maximum absolute atomic E-state index is 12.7. The van der Waals surface area contributed by atoms with E-state index in [1.165, 1.54) is 51.4 Å². The van der Waals surface area contributed by atoms with E-state index in [1.807, 2.05) is 0 Å². The molecule has 342 valence electrons. The molecule has 0 heterocycles. The molecule has 6 nitrogen and oxygen atoms in total. The van der Waals surface area contributed by atoms with E-state index in [2.05, 4.69) is 142 Å². The topological polar surface area (TPSA) is 78.9 Å². The highest BCUT2D eigenvalue weighted by Crippen LogP contribution is 2.09. The van der Waals surface area contributed by atoms with E-state index in [0.29, 0.717) is 19.3 Å². The quantitative estimate of drug-likeness (QED) is 0.0264. The molecular weight excluding hydrogens is 757 g/mol. The van der Waals surface area contributed by atoms with Crippen molar-refractivity contribution < 1.29 is 28.6 Å². The van der Waals surface area contributed by atoms with Crippen LogP contribution in [-0.2, 0) is 28.6 Å². The summed E-state index contributed by atoms with van der Waals surface area (Å²) < 4.78 is 16.6. The van der Waals surface area contributed by atoms with Crippen molar-refractivity contribution in [3.05, 3.63) is 122 Å². The van der Waals surface area contributed by atoms with Crippen LogP contribution in [0.5, 0.6) is 0 Å². The van der Waals surface area contributed by atoms with Gasteiger partial charge in [-0.2, -0.15) is 0 Å². The molecule has 0 aromatic carbocycles.